The van der Waals surface area contributed by atoms with Crippen molar-refractivity contribution in [3.05, 3.63) is 29.5 Å². The molecular formula is C12H16N2. The van der Waals surface area contributed by atoms with E-state index in [2.05, 4.69) is 30.5 Å². The Morgan fingerprint density at radius 1 is 1.50 bits per heavy atom. The summed E-state index contributed by atoms with van der Waals surface area (Å²) in [5, 5.41) is 0. The highest BCUT2D eigenvalue weighted by molar-refractivity contribution is 5.66. The molecule has 0 bridgehead atoms. The predicted octanol–water partition coefficient (Wildman–Crippen LogP) is 3.57. The van der Waals surface area contributed by atoms with Gasteiger partial charge >= 0.3 is 0 Å². The van der Waals surface area contributed by atoms with Crippen molar-refractivity contribution in [1.29, 1.82) is 0 Å². The van der Waals surface area contributed by atoms with E-state index in [9.17, 15) is 0 Å². The Hall–Kier alpha value is -1.44. The number of aliphatic imine (C=N–C) groups is 1. The van der Waals surface area contributed by atoms with E-state index >= 15 is 0 Å². The second-order valence-corrected chi connectivity index (χ2v) is 3.45. The van der Waals surface area contributed by atoms with Crippen molar-refractivity contribution < 1.29 is 0 Å². The summed E-state index contributed by atoms with van der Waals surface area (Å²) in [6.45, 7) is 9.84. The topological polar surface area (TPSA) is 25.2 Å². The molecule has 0 N–H and O–H groups in total. The number of rotatable bonds is 3. The first-order chi connectivity index (χ1) is 6.70. The Kier molecular flexibility index (Phi) is 3.57. The molecule has 0 saturated carbocycles. The van der Waals surface area contributed by atoms with Gasteiger partial charge in [0.25, 0.3) is 0 Å². The first kappa shape index (κ1) is 10.6. The van der Waals surface area contributed by atoms with Gasteiger partial charge in [-0.05, 0) is 31.2 Å². The summed E-state index contributed by atoms with van der Waals surface area (Å²) in [6.07, 6.45) is 5.82. The zero-order valence-corrected chi connectivity index (χ0v) is 8.99. The quantitative estimate of drug-likeness (QED) is 0.666. The van der Waals surface area contributed by atoms with Crippen molar-refractivity contribution in [2.75, 3.05) is 0 Å². The third kappa shape index (κ3) is 2.08. The van der Waals surface area contributed by atoms with Crippen LogP contribution < -0.4 is 0 Å². The molecule has 2 nitrogen and oxygen atoms in total. The van der Waals surface area contributed by atoms with Gasteiger partial charge in [0.2, 0.25) is 0 Å². The number of allylic oxidation sites excluding steroid dienone is 1. The molecule has 2 heteroatoms. The maximum atomic E-state index is 4.18. The summed E-state index contributed by atoms with van der Waals surface area (Å²) in [7, 11) is 0. The predicted molar refractivity (Wildman–Crippen MR) is 62.2 cm³/mol. The van der Waals surface area contributed by atoms with Gasteiger partial charge in [-0.15, -0.1) is 0 Å². The third-order valence-corrected chi connectivity index (χ3v) is 2.11. The van der Waals surface area contributed by atoms with Gasteiger partial charge in [0, 0.05) is 11.8 Å². The molecule has 0 aromatic carbocycles. The lowest BCUT2D eigenvalue weighted by Crippen LogP contribution is -1.93. The Morgan fingerprint density at radius 3 is 2.71 bits per heavy atom. The minimum atomic E-state index is 0.477. The van der Waals surface area contributed by atoms with Crippen molar-refractivity contribution in [2.24, 2.45) is 4.99 Å². The molecule has 0 spiro atoms. The van der Waals surface area contributed by atoms with Crippen LogP contribution in [0.15, 0.2) is 23.3 Å². The number of hydrogen-bond acceptors (Lipinski definition) is 2. The SMILES string of the molecule is C=Nc1nccc(C(C)C)c1/C=C\C. The smallest absolute Gasteiger partial charge is 0.158 e. The minimum Gasteiger partial charge on any atom is -0.245 e. The highest BCUT2D eigenvalue weighted by Crippen LogP contribution is 2.26. The zero-order valence-electron chi connectivity index (χ0n) is 8.99. The summed E-state index contributed by atoms with van der Waals surface area (Å²) in [4.78, 5) is 8.10. The molecule has 0 atom stereocenters. The molecule has 74 valence electrons. The second-order valence-electron chi connectivity index (χ2n) is 3.45. The van der Waals surface area contributed by atoms with Crippen LogP contribution in [-0.4, -0.2) is 11.7 Å². The monoisotopic (exact) mass is 188 g/mol. The van der Waals surface area contributed by atoms with Crippen LogP contribution in [0.3, 0.4) is 0 Å². The van der Waals surface area contributed by atoms with E-state index in [0.717, 1.165) is 5.56 Å². The highest BCUT2D eigenvalue weighted by atomic mass is 14.9. The van der Waals surface area contributed by atoms with Crippen LogP contribution in [0.5, 0.6) is 0 Å². The van der Waals surface area contributed by atoms with Crippen LogP contribution in [0.2, 0.25) is 0 Å². The number of hydrogen-bond donors (Lipinski definition) is 0. The maximum absolute atomic E-state index is 4.18. The summed E-state index contributed by atoms with van der Waals surface area (Å²) in [5.41, 5.74) is 2.35. The normalized spacial score (nSPS) is 11.1. The molecule has 1 rings (SSSR count). The first-order valence-corrected chi connectivity index (χ1v) is 4.79. The molecule has 0 aliphatic carbocycles. The van der Waals surface area contributed by atoms with Crippen LogP contribution in [0.25, 0.3) is 6.08 Å². The summed E-state index contributed by atoms with van der Waals surface area (Å²) in [6, 6.07) is 2.04. The van der Waals surface area contributed by atoms with Gasteiger partial charge in [-0.1, -0.05) is 26.0 Å². The second kappa shape index (κ2) is 4.70. The number of aromatic nitrogens is 1. The fraction of sp³-hybridized carbons (Fsp3) is 0.333. The largest absolute Gasteiger partial charge is 0.245 e. The summed E-state index contributed by atoms with van der Waals surface area (Å²) < 4.78 is 0. The van der Waals surface area contributed by atoms with E-state index in [4.69, 9.17) is 0 Å². The zero-order chi connectivity index (χ0) is 10.6. The van der Waals surface area contributed by atoms with Gasteiger partial charge in [-0.2, -0.15) is 0 Å². The Labute approximate surface area is 85.4 Å². The van der Waals surface area contributed by atoms with E-state index in [1.807, 2.05) is 25.1 Å². The van der Waals surface area contributed by atoms with E-state index in [1.54, 1.807) is 6.20 Å². The Balaban J connectivity index is 3.34. The molecule has 1 heterocycles. The lowest BCUT2D eigenvalue weighted by atomic mass is 9.98. The molecule has 0 amide bonds. The standard InChI is InChI=1S/C12H16N2/c1-5-6-11-10(9(2)3)7-8-14-12(11)13-4/h5-9H,4H2,1-3H3/b6-5-. The average molecular weight is 188 g/mol. The van der Waals surface area contributed by atoms with Crippen molar-refractivity contribution in [1.82, 2.24) is 4.98 Å². The molecular weight excluding hydrogens is 172 g/mol. The van der Waals surface area contributed by atoms with Gasteiger partial charge in [0.05, 0.1) is 0 Å². The van der Waals surface area contributed by atoms with Crippen molar-refractivity contribution >= 4 is 18.6 Å². The molecule has 0 radical (unpaired) electrons. The highest BCUT2D eigenvalue weighted by Gasteiger charge is 2.08. The Bertz CT molecular complexity index is 351. The molecule has 1 aromatic rings. The minimum absolute atomic E-state index is 0.477. The molecule has 14 heavy (non-hydrogen) atoms. The van der Waals surface area contributed by atoms with E-state index < -0.39 is 0 Å². The fourth-order valence-corrected chi connectivity index (χ4v) is 1.44. The van der Waals surface area contributed by atoms with Crippen molar-refractivity contribution in [3.8, 4) is 0 Å². The van der Waals surface area contributed by atoms with Crippen LogP contribution in [-0.2, 0) is 0 Å². The molecule has 0 saturated heterocycles. The lowest BCUT2D eigenvalue weighted by Gasteiger charge is -2.10. The van der Waals surface area contributed by atoms with Crippen LogP contribution in [0, 0.1) is 0 Å². The molecule has 0 aliphatic rings. The maximum Gasteiger partial charge on any atom is 0.158 e. The molecule has 0 aliphatic heterocycles. The first-order valence-electron chi connectivity index (χ1n) is 4.79. The van der Waals surface area contributed by atoms with Crippen molar-refractivity contribution in [3.63, 3.8) is 0 Å². The molecule has 1 aromatic heterocycles. The van der Waals surface area contributed by atoms with Crippen LogP contribution in [0.1, 0.15) is 37.8 Å². The van der Waals surface area contributed by atoms with Gasteiger partial charge in [-0.3, -0.25) is 0 Å². The van der Waals surface area contributed by atoms with E-state index in [1.165, 1.54) is 5.56 Å². The van der Waals surface area contributed by atoms with Gasteiger partial charge in [0.1, 0.15) is 0 Å². The van der Waals surface area contributed by atoms with Gasteiger partial charge in [0.15, 0.2) is 5.82 Å². The lowest BCUT2D eigenvalue weighted by molar-refractivity contribution is 0.860. The molecule has 0 fully saturated rings. The number of nitrogens with zero attached hydrogens (tertiary/aromatic N) is 2. The third-order valence-electron chi connectivity index (χ3n) is 2.11. The van der Waals surface area contributed by atoms with Gasteiger partial charge in [-0.25, -0.2) is 9.98 Å². The average Bonchev–Trinajstić information content (AvgIpc) is 2.18. The summed E-state index contributed by atoms with van der Waals surface area (Å²) >= 11 is 0. The number of pyridine rings is 1. The Morgan fingerprint density at radius 2 is 2.21 bits per heavy atom. The van der Waals surface area contributed by atoms with Crippen LogP contribution in [0.4, 0.5) is 5.82 Å². The van der Waals surface area contributed by atoms with Crippen LogP contribution >= 0.6 is 0 Å². The van der Waals surface area contributed by atoms with E-state index in [0.29, 0.717) is 11.7 Å². The fourth-order valence-electron chi connectivity index (χ4n) is 1.44. The van der Waals surface area contributed by atoms with E-state index in [-0.39, 0.29) is 0 Å². The van der Waals surface area contributed by atoms with Crippen molar-refractivity contribution in [2.45, 2.75) is 26.7 Å². The summed E-state index contributed by atoms with van der Waals surface area (Å²) in [5.74, 6) is 1.19. The van der Waals surface area contributed by atoms with Gasteiger partial charge < -0.3 is 0 Å². The molecule has 0 unspecified atom stereocenters.